The zero-order chi connectivity index (χ0) is 11.8. The van der Waals surface area contributed by atoms with Crippen molar-refractivity contribution in [2.24, 2.45) is 0 Å². The minimum absolute atomic E-state index is 0.302. The third kappa shape index (κ3) is 5.74. The van der Waals surface area contributed by atoms with Gasteiger partial charge in [-0.05, 0) is 22.9 Å². The molecule has 0 atom stereocenters. The number of thioether (sulfide) groups is 1. The van der Waals surface area contributed by atoms with Gasteiger partial charge in [0.1, 0.15) is 0 Å². The molecule has 0 unspecified atom stereocenters. The van der Waals surface area contributed by atoms with Gasteiger partial charge in [0.05, 0.1) is 20.1 Å². The van der Waals surface area contributed by atoms with Crippen LogP contribution in [0.1, 0.15) is 0 Å². The molecule has 0 saturated carbocycles. The zero-order valence-corrected chi connectivity index (χ0v) is 11.5. The van der Waals surface area contributed by atoms with E-state index in [4.69, 9.17) is 46.4 Å². The lowest BCUT2D eigenvalue weighted by molar-refractivity contribution is 1.70. The molecule has 0 saturated heterocycles. The lowest BCUT2D eigenvalue weighted by Gasteiger charge is -1.98. The molecule has 0 spiro atoms. The van der Waals surface area contributed by atoms with Crippen molar-refractivity contribution in [2.75, 3.05) is 0 Å². The average Bonchev–Trinajstić information content (AvgIpc) is 2.23. The Morgan fingerprint density at radius 3 is 1.40 bits per heavy atom. The number of benzene rings is 1. The van der Waals surface area contributed by atoms with E-state index in [-0.39, 0.29) is 0 Å². The minimum Gasteiger partial charge on any atom is -0.107 e. The topological polar surface area (TPSA) is 0 Å². The summed E-state index contributed by atoms with van der Waals surface area (Å²) in [7, 11) is 0. The Morgan fingerprint density at radius 1 is 0.867 bits per heavy atom. The highest BCUT2D eigenvalue weighted by atomic mass is 35.5. The van der Waals surface area contributed by atoms with Crippen LogP contribution in [0.5, 0.6) is 0 Å². The average molecular weight is 302 g/mol. The van der Waals surface area contributed by atoms with Gasteiger partial charge in [-0.25, -0.2) is 0 Å². The van der Waals surface area contributed by atoms with Crippen molar-refractivity contribution in [1.29, 1.82) is 0 Å². The second kappa shape index (κ2) is 8.37. The van der Waals surface area contributed by atoms with Gasteiger partial charge in [0, 0.05) is 0 Å². The largest absolute Gasteiger partial charge is 0.107 e. The molecule has 0 heterocycles. The van der Waals surface area contributed by atoms with Crippen LogP contribution in [0, 0.1) is 0 Å². The van der Waals surface area contributed by atoms with Crippen LogP contribution in [0.15, 0.2) is 36.1 Å². The van der Waals surface area contributed by atoms with Crippen molar-refractivity contribution in [1.82, 2.24) is 0 Å². The minimum atomic E-state index is 0.302. The highest BCUT2D eigenvalue weighted by molar-refractivity contribution is 8.04. The molecule has 5 heteroatoms. The molecule has 1 aromatic carbocycles. The van der Waals surface area contributed by atoms with Crippen LogP contribution in [0.3, 0.4) is 0 Å². The van der Waals surface area contributed by atoms with E-state index in [1.165, 1.54) is 11.8 Å². The van der Waals surface area contributed by atoms with Gasteiger partial charge in [0.25, 0.3) is 0 Å². The fourth-order valence-electron chi connectivity index (χ4n) is 0.570. The Bertz CT molecular complexity index is 317. The summed E-state index contributed by atoms with van der Waals surface area (Å²) in [4.78, 5) is 0. The summed E-state index contributed by atoms with van der Waals surface area (Å²) in [6.07, 6.45) is 0. The normalized spacial score (nSPS) is 8.80. The molecule has 0 bridgehead atoms. The predicted molar refractivity (Wildman–Crippen MR) is 74.5 cm³/mol. The molecular weight excluding hydrogens is 294 g/mol. The van der Waals surface area contributed by atoms with Crippen molar-refractivity contribution in [3.05, 3.63) is 56.2 Å². The van der Waals surface area contributed by atoms with E-state index in [1.807, 2.05) is 0 Å². The van der Waals surface area contributed by atoms with Crippen molar-refractivity contribution in [3.8, 4) is 0 Å². The summed E-state index contributed by atoms with van der Waals surface area (Å²) >= 11 is 24.0. The van der Waals surface area contributed by atoms with Gasteiger partial charge in [-0.2, -0.15) is 0 Å². The van der Waals surface area contributed by atoms with Crippen molar-refractivity contribution >= 4 is 58.2 Å². The Kier molecular flexibility index (Phi) is 8.49. The third-order valence-electron chi connectivity index (χ3n) is 1.18. The Balaban J connectivity index is 0.000000336. The summed E-state index contributed by atoms with van der Waals surface area (Å²) in [6, 6.07) is 3.19. The second-order valence-electron chi connectivity index (χ2n) is 2.13. The van der Waals surface area contributed by atoms with Crippen LogP contribution in [0.4, 0.5) is 0 Å². The standard InChI is InChI=1S/C6H2Cl4.C4H6S/c7-3-1-2-4(8)6(10)5(3)9;1-3-5-4-2/h1-2H;3-4H,1-2H2. The molecule has 0 aliphatic carbocycles. The van der Waals surface area contributed by atoms with Crippen molar-refractivity contribution in [3.63, 3.8) is 0 Å². The maximum atomic E-state index is 5.63. The Hall–Kier alpha value is 0.210. The van der Waals surface area contributed by atoms with Gasteiger partial charge in [-0.3, -0.25) is 0 Å². The molecule has 0 radical (unpaired) electrons. The zero-order valence-electron chi connectivity index (χ0n) is 7.64. The van der Waals surface area contributed by atoms with Crippen LogP contribution in [0.25, 0.3) is 0 Å². The maximum Gasteiger partial charge on any atom is 0.0793 e. The van der Waals surface area contributed by atoms with Crippen LogP contribution in [-0.4, -0.2) is 0 Å². The first kappa shape index (κ1) is 15.2. The highest BCUT2D eigenvalue weighted by Gasteiger charge is 2.05. The molecule has 0 fully saturated rings. The van der Waals surface area contributed by atoms with Gasteiger partial charge in [-0.15, -0.1) is 11.8 Å². The molecule has 0 nitrogen and oxygen atoms in total. The van der Waals surface area contributed by atoms with Crippen LogP contribution in [0.2, 0.25) is 20.1 Å². The maximum absolute atomic E-state index is 5.63. The Labute approximate surface area is 114 Å². The monoisotopic (exact) mass is 300 g/mol. The van der Waals surface area contributed by atoms with Gasteiger partial charge in [0.15, 0.2) is 0 Å². The van der Waals surface area contributed by atoms with Crippen molar-refractivity contribution < 1.29 is 0 Å². The highest BCUT2D eigenvalue weighted by Crippen LogP contribution is 2.34. The van der Waals surface area contributed by atoms with E-state index in [2.05, 4.69) is 13.2 Å². The van der Waals surface area contributed by atoms with Crippen LogP contribution < -0.4 is 0 Å². The summed E-state index contributed by atoms with van der Waals surface area (Å²) in [5, 5.41) is 4.89. The van der Waals surface area contributed by atoms with E-state index in [0.717, 1.165) is 0 Å². The molecule has 0 N–H and O–H groups in total. The lowest BCUT2D eigenvalue weighted by Crippen LogP contribution is -1.71. The lowest BCUT2D eigenvalue weighted by atomic mass is 10.4. The van der Waals surface area contributed by atoms with E-state index in [0.29, 0.717) is 20.1 Å². The first-order valence-electron chi connectivity index (χ1n) is 3.70. The summed E-state index contributed by atoms with van der Waals surface area (Å²) < 4.78 is 0. The molecular formula is C10H8Cl4S. The van der Waals surface area contributed by atoms with E-state index < -0.39 is 0 Å². The molecule has 0 aliphatic rings. The van der Waals surface area contributed by atoms with Gasteiger partial charge < -0.3 is 0 Å². The molecule has 1 aromatic rings. The fourth-order valence-corrected chi connectivity index (χ4v) is 1.45. The van der Waals surface area contributed by atoms with Gasteiger partial charge >= 0.3 is 0 Å². The van der Waals surface area contributed by atoms with Crippen molar-refractivity contribution in [2.45, 2.75) is 0 Å². The first-order valence-corrected chi connectivity index (χ1v) is 6.16. The third-order valence-corrected chi connectivity index (χ3v) is 3.27. The molecule has 82 valence electrons. The first-order chi connectivity index (χ1) is 7.04. The molecule has 0 amide bonds. The van der Waals surface area contributed by atoms with Gasteiger partial charge in [-0.1, -0.05) is 59.6 Å². The molecule has 0 aliphatic heterocycles. The quantitative estimate of drug-likeness (QED) is 0.456. The SMILES string of the molecule is C=CSC=C.Clc1ccc(Cl)c(Cl)c1Cl. The summed E-state index contributed by atoms with van der Waals surface area (Å²) in [5.41, 5.74) is 0. The molecule has 1 rings (SSSR count). The Morgan fingerprint density at radius 2 is 1.20 bits per heavy atom. The summed E-state index contributed by atoms with van der Waals surface area (Å²) in [5.74, 6) is 0. The molecule has 0 aromatic heterocycles. The fraction of sp³-hybridized carbons (Fsp3) is 0. The smallest absolute Gasteiger partial charge is 0.0793 e. The van der Waals surface area contributed by atoms with E-state index in [1.54, 1.807) is 22.9 Å². The number of halogens is 4. The number of hydrogen-bond acceptors (Lipinski definition) is 1. The van der Waals surface area contributed by atoms with Crippen LogP contribution in [-0.2, 0) is 0 Å². The number of hydrogen-bond donors (Lipinski definition) is 0. The predicted octanol–water partition coefficient (Wildman–Crippen LogP) is 6.31. The molecule has 15 heavy (non-hydrogen) atoms. The van der Waals surface area contributed by atoms with Crippen LogP contribution >= 0.6 is 58.2 Å². The van der Waals surface area contributed by atoms with Gasteiger partial charge in [0.2, 0.25) is 0 Å². The van der Waals surface area contributed by atoms with E-state index in [9.17, 15) is 0 Å². The number of rotatable bonds is 2. The second-order valence-corrected chi connectivity index (χ2v) is 4.64. The van der Waals surface area contributed by atoms with E-state index >= 15 is 0 Å². The summed E-state index contributed by atoms with van der Waals surface area (Å²) in [6.45, 7) is 6.88.